The highest BCUT2D eigenvalue weighted by atomic mass is 14.9. The van der Waals surface area contributed by atoms with Gasteiger partial charge in [0.2, 0.25) is 0 Å². The Kier molecular flexibility index (Phi) is 4.17. The first kappa shape index (κ1) is 11.6. The van der Waals surface area contributed by atoms with Gasteiger partial charge in [-0.15, -0.1) is 0 Å². The molecular formula is C13H18N2. The molecular weight excluding hydrogens is 184 g/mol. The first-order chi connectivity index (χ1) is 7.17. The van der Waals surface area contributed by atoms with Crippen LogP contribution in [0, 0.1) is 17.2 Å². The highest BCUT2D eigenvalue weighted by Gasteiger charge is 2.10. The van der Waals surface area contributed by atoms with E-state index in [0.29, 0.717) is 5.92 Å². The molecule has 0 aliphatic heterocycles. The molecule has 1 rings (SSSR count). The second kappa shape index (κ2) is 5.41. The number of aryl methyl sites for hydroxylation is 1. The molecule has 0 radical (unpaired) electrons. The summed E-state index contributed by atoms with van der Waals surface area (Å²) in [5.74, 6) is 0.320. The molecule has 2 nitrogen and oxygen atoms in total. The monoisotopic (exact) mass is 202 g/mol. The molecule has 0 saturated carbocycles. The number of hydrogen-bond donors (Lipinski definition) is 1. The maximum Gasteiger partial charge on any atom is 0.116 e. The van der Waals surface area contributed by atoms with E-state index in [2.05, 4.69) is 30.4 Å². The number of benzene rings is 1. The molecule has 1 unspecified atom stereocenters. The van der Waals surface area contributed by atoms with Gasteiger partial charge in [-0.05, 0) is 30.0 Å². The quantitative estimate of drug-likeness (QED) is 0.813. The summed E-state index contributed by atoms with van der Waals surface area (Å²) in [5, 5.41) is 12.2. The molecule has 0 spiro atoms. The molecule has 1 aromatic rings. The third kappa shape index (κ3) is 3.28. The van der Waals surface area contributed by atoms with E-state index >= 15 is 0 Å². The Morgan fingerprint density at radius 2 is 1.87 bits per heavy atom. The van der Waals surface area contributed by atoms with Crippen LogP contribution >= 0.6 is 0 Å². The second-order valence-electron chi connectivity index (χ2n) is 4.05. The van der Waals surface area contributed by atoms with E-state index in [9.17, 15) is 0 Å². The van der Waals surface area contributed by atoms with Crippen molar-refractivity contribution >= 4 is 5.69 Å². The number of nitrogens with one attached hydrogen (secondary N) is 1. The number of hydrogen-bond acceptors (Lipinski definition) is 2. The lowest BCUT2D eigenvalue weighted by molar-refractivity contribution is 0.609. The predicted molar refractivity (Wildman–Crippen MR) is 63.7 cm³/mol. The summed E-state index contributed by atoms with van der Waals surface area (Å²) in [6.45, 7) is 6.22. The standard InChI is InChI=1S/C13H18N2/c1-4-11-5-7-12(8-6-11)15-13(9-14)10(2)3/h5-8,10,13,15H,4H2,1-3H3. The van der Waals surface area contributed by atoms with Crippen molar-refractivity contribution in [1.82, 2.24) is 0 Å². The zero-order valence-corrected chi connectivity index (χ0v) is 9.62. The Morgan fingerprint density at radius 3 is 2.27 bits per heavy atom. The van der Waals surface area contributed by atoms with Crippen molar-refractivity contribution in [2.75, 3.05) is 5.32 Å². The van der Waals surface area contributed by atoms with Crippen LogP contribution in [-0.2, 0) is 6.42 Å². The lowest BCUT2D eigenvalue weighted by Gasteiger charge is -2.16. The molecule has 0 heterocycles. The smallest absolute Gasteiger partial charge is 0.116 e. The molecule has 0 aliphatic carbocycles. The Bertz CT molecular complexity index is 333. The van der Waals surface area contributed by atoms with E-state index in [1.165, 1.54) is 5.56 Å². The Morgan fingerprint density at radius 1 is 1.27 bits per heavy atom. The van der Waals surface area contributed by atoms with Crippen molar-refractivity contribution in [2.45, 2.75) is 33.2 Å². The average molecular weight is 202 g/mol. The van der Waals surface area contributed by atoms with Crippen molar-refractivity contribution in [2.24, 2.45) is 5.92 Å². The van der Waals surface area contributed by atoms with Gasteiger partial charge in [0.25, 0.3) is 0 Å². The van der Waals surface area contributed by atoms with Crippen molar-refractivity contribution in [3.63, 3.8) is 0 Å². The largest absolute Gasteiger partial charge is 0.370 e. The highest BCUT2D eigenvalue weighted by molar-refractivity contribution is 5.46. The van der Waals surface area contributed by atoms with E-state index < -0.39 is 0 Å². The number of rotatable bonds is 4. The molecule has 1 aromatic carbocycles. The van der Waals surface area contributed by atoms with Crippen molar-refractivity contribution < 1.29 is 0 Å². The van der Waals surface area contributed by atoms with Gasteiger partial charge in [-0.1, -0.05) is 32.9 Å². The topological polar surface area (TPSA) is 35.8 Å². The number of nitriles is 1. The van der Waals surface area contributed by atoms with Crippen LogP contribution in [0.4, 0.5) is 5.69 Å². The molecule has 0 amide bonds. The van der Waals surface area contributed by atoms with E-state index in [1.807, 2.05) is 26.0 Å². The van der Waals surface area contributed by atoms with Crippen molar-refractivity contribution in [3.05, 3.63) is 29.8 Å². The van der Waals surface area contributed by atoms with Gasteiger partial charge in [0.1, 0.15) is 6.04 Å². The van der Waals surface area contributed by atoms with Crippen LogP contribution in [-0.4, -0.2) is 6.04 Å². The molecule has 0 aromatic heterocycles. The SMILES string of the molecule is CCc1ccc(NC(C#N)C(C)C)cc1. The van der Waals surface area contributed by atoms with E-state index in [4.69, 9.17) is 5.26 Å². The van der Waals surface area contributed by atoms with Gasteiger partial charge in [-0.25, -0.2) is 0 Å². The normalized spacial score (nSPS) is 12.2. The van der Waals surface area contributed by atoms with Gasteiger partial charge in [0, 0.05) is 5.69 Å². The Balaban J connectivity index is 2.68. The maximum atomic E-state index is 8.95. The summed E-state index contributed by atoms with van der Waals surface area (Å²) in [4.78, 5) is 0. The lowest BCUT2D eigenvalue weighted by Crippen LogP contribution is -2.23. The minimum absolute atomic E-state index is 0.113. The minimum Gasteiger partial charge on any atom is -0.370 e. The van der Waals surface area contributed by atoms with Crippen LogP contribution < -0.4 is 5.32 Å². The van der Waals surface area contributed by atoms with Gasteiger partial charge in [0.15, 0.2) is 0 Å². The molecule has 1 atom stereocenters. The van der Waals surface area contributed by atoms with Crippen LogP contribution in [0.1, 0.15) is 26.3 Å². The number of anilines is 1. The first-order valence-electron chi connectivity index (χ1n) is 5.42. The van der Waals surface area contributed by atoms with Crippen molar-refractivity contribution in [1.29, 1.82) is 5.26 Å². The maximum absolute atomic E-state index is 8.95. The fraction of sp³-hybridized carbons (Fsp3) is 0.462. The van der Waals surface area contributed by atoms with Crippen LogP contribution in [0.2, 0.25) is 0 Å². The van der Waals surface area contributed by atoms with Gasteiger partial charge in [0.05, 0.1) is 6.07 Å². The zero-order chi connectivity index (χ0) is 11.3. The summed E-state index contributed by atoms with van der Waals surface area (Å²) in [7, 11) is 0. The van der Waals surface area contributed by atoms with Crippen molar-refractivity contribution in [3.8, 4) is 6.07 Å². The Hall–Kier alpha value is -1.49. The predicted octanol–water partition coefficient (Wildman–Crippen LogP) is 3.21. The van der Waals surface area contributed by atoms with E-state index in [1.54, 1.807) is 0 Å². The van der Waals surface area contributed by atoms with Gasteiger partial charge >= 0.3 is 0 Å². The van der Waals surface area contributed by atoms with Gasteiger partial charge in [-0.2, -0.15) is 5.26 Å². The summed E-state index contributed by atoms with van der Waals surface area (Å²) >= 11 is 0. The summed E-state index contributed by atoms with van der Waals surface area (Å²) in [5.41, 5.74) is 2.34. The van der Waals surface area contributed by atoms with Gasteiger partial charge in [-0.3, -0.25) is 0 Å². The zero-order valence-electron chi connectivity index (χ0n) is 9.62. The second-order valence-corrected chi connectivity index (χ2v) is 4.05. The van der Waals surface area contributed by atoms with Gasteiger partial charge < -0.3 is 5.32 Å². The Labute approximate surface area is 91.9 Å². The van der Waals surface area contributed by atoms with Crippen LogP contribution in [0.15, 0.2) is 24.3 Å². The summed E-state index contributed by atoms with van der Waals surface area (Å²) < 4.78 is 0. The van der Waals surface area contributed by atoms with Crippen LogP contribution in [0.5, 0.6) is 0 Å². The van der Waals surface area contributed by atoms with E-state index in [0.717, 1.165) is 12.1 Å². The lowest BCUT2D eigenvalue weighted by atomic mass is 10.1. The average Bonchev–Trinajstić information content (AvgIpc) is 2.26. The molecule has 80 valence electrons. The molecule has 2 heteroatoms. The highest BCUT2D eigenvalue weighted by Crippen LogP contribution is 2.13. The molecule has 0 fully saturated rings. The molecule has 0 aliphatic rings. The van der Waals surface area contributed by atoms with Crippen LogP contribution in [0.3, 0.4) is 0 Å². The molecule has 0 bridgehead atoms. The molecule has 0 saturated heterocycles. The minimum atomic E-state index is -0.113. The van der Waals surface area contributed by atoms with Crippen LogP contribution in [0.25, 0.3) is 0 Å². The molecule has 1 N–H and O–H groups in total. The number of nitrogens with zero attached hydrogens (tertiary/aromatic N) is 1. The third-order valence-corrected chi connectivity index (χ3v) is 2.49. The summed E-state index contributed by atoms with van der Waals surface area (Å²) in [6, 6.07) is 10.4. The first-order valence-corrected chi connectivity index (χ1v) is 5.42. The summed E-state index contributed by atoms with van der Waals surface area (Å²) in [6.07, 6.45) is 1.05. The van der Waals surface area contributed by atoms with E-state index in [-0.39, 0.29) is 6.04 Å². The fourth-order valence-corrected chi connectivity index (χ4v) is 1.36. The third-order valence-electron chi connectivity index (χ3n) is 2.49. The molecule has 15 heavy (non-hydrogen) atoms. The fourth-order valence-electron chi connectivity index (χ4n) is 1.36.